The molecule has 0 aliphatic heterocycles. The first kappa shape index (κ1) is 20.1. The van der Waals surface area contributed by atoms with Crippen molar-refractivity contribution >= 4 is 23.7 Å². The van der Waals surface area contributed by atoms with Gasteiger partial charge in [0.1, 0.15) is 5.01 Å². The van der Waals surface area contributed by atoms with Crippen LogP contribution in [0.4, 0.5) is 0 Å². The highest BCUT2D eigenvalue weighted by Crippen LogP contribution is 2.34. The molecule has 0 radical (unpaired) electrons. The summed E-state index contributed by atoms with van der Waals surface area (Å²) in [5, 5.41) is 1.10. The standard InChI is InChI=1S/C18H27N3S.ClH/c1-12-7-9-15(10-8-12)17-20-13(2)16(22-17)14(3)21(6)11-18(4,5)19;/h7-10,14H,11,19H2,1-6H3;1H. The number of likely N-dealkylation sites (N-methyl/N-ethyl adjacent to an activating group) is 1. The second kappa shape index (κ2) is 7.75. The Kier molecular flexibility index (Phi) is 6.78. The summed E-state index contributed by atoms with van der Waals surface area (Å²) in [6.45, 7) is 11.4. The number of nitrogens with two attached hydrogens (primary N) is 1. The van der Waals surface area contributed by atoms with Gasteiger partial charge in [-0.2, -0.15) is 0 Å². The molecule has 1 aromatic heterocycles. The number of thiazole rings is 1. The fourth-order valence-electron chi connectivity index (χ4n) is 2.60. The van der Waals surface area contributed by atoms with Crippen LogP contribution < -0.4 is 5.73 Å². The number of halogens is 1. The molecule has 1 heterocycles. The Morgan fingerprint density at radius 3 is 2.30 bits per heavy atom. The van der Waals surface area contributed by atoms with Crippen molar-refractivity contribution in [1.29, 1.82) is 0 Å². The normalized spacial score (nSPS) is 13.0. The summed E-state index contributed by atoms with van der Waals surface area (Å²) in [6.07, 6.45) is 0. The molecule has 23 heavy (non-hydrogen) atoms. The van der Waals surface area contributed by atoms with Crippen molar-refractivity contribution in [3.63, 3.8) is 0 Å². The van der Waals surface area contributed by atoms with Gasteiger partial charge in [0.2, 0.25) is 0 Å². The van der Waals surface area contributed by atoms with Crippen molar-refractivity contribution in [1.82, 2.24) is 9.88 Å². The molecule has 2 rings (SSSR count). The number of rotatable bonds is 5. The molecule has 0 spiro atoms. The van der Waals surface area contributed by atoms with Crippen LogP contribution in [0.1, 0.15) is 42.9 Å². The lowest BCUT2D eigenvalue weighted by Crippen LogP contribution is -2.44. The third-order valence-corrected chi connectivity index (χ3v) is 5.21. The van der Waals surface area contributed by atoms with Crippen LogP contribution >= 0.6 is 23.7 Å². The molecule has 5 heteroatoms. The smallest absolute Gasteiger partial charge is 0.123 e. The number of hydrogen-bond acceptors (Lipinski definition) is 4. The second-order valence-corrected chi connectivity index (χ2v) is 7.95. The zero-order valence-electron chi connectivity index (χ0n) is 14.9. The van der Waals surface area contributed by atoms with E-state index in [1.54, 1.807) is 11.3 Å². The van der Waals surface area contributed by atoms with Crippen LogP contribution in [0.3, 0.4) is 0 Å². The molecule has 0 saturated carbocycles. The molecule has 0 fully saturated rings. The van der Waals surface area contributed by atoms with E-state index >= 15 is 0 Å². The summed E-state index contributed by atoms with van der Waals surface area (Å²) in [6, 6.07) is 8.89. The molecule has 0 saturated heterocycles. The first-order valence-electron chi connectivity index (χ1n) is 7.71. The van der Waals surface area contributed by atoms with Gasteiger partial charge in [-0.25, -0.2) is 4.98 Å². The predicted octanol–water partition coefficient (Wildman–Crippen LogP) is 4.58. The molecule has 0 aliphatic rings. The lowest BCUT2D eigenvalue weighted by molar-refractivity contribution is 0.217. The molecular formula is C18H28ClN3S. The van der Waals surface area contributed by atoms with E-state index in [2.05, 4.69) is 70.8 Å². The molecule has 1 atom stereocenters. The molecule has 0 aliphatic carbocycles. The molecule has 1 unspecified atom stereocenters. The average Bonchev–Trinajstić information content (AvgIpc) is 2.78. The third kappa shape index (κ3) is 5.28. The van der Waals surface area contributed by atoms with Crippen LogP contribution in [-0.2, 0) is 0 Å². The van der Waals surface area contributed by atoms with Crippen LogP contribution in [0, 0.1) is 13.8 Å². The highest BCUT2D eigenvalue weighted by Gasteiger charge is 2.22. The first-order valence-corrected chi connectivity index (χ1v) is 8.52. The van der Waals surface area contributed by atoms with Crippen molar-refractivity contribution in [2.75, 3.05) is 13.6 Å². The summed E-state index contributed by atoms with van der Waals surface area (Å²) in [5.41, 5.74) is 9.54. The van der Waals surface area contributed by atoms with Gasteiger partial charge in [-0.3, -0.25) is 4.90 Å². The zero-order chi connectivity index (χ0) is 16.5. The molecular weight excluding hydrogens is 326 g/mol. The van der Waals surface area contributed by atoms with E-state index in [9.17, 15) is 0 Å². The Balaban J connectivity index is 0.00000264. The minimum absolute atomic E-state index is 0. The van der Waals surface area contributed by atoms with E-state index in [1.807, 2.05) is 0 Å². The second-order valence-electron chi connectivity index (χ2n) is 6.91. The maximum absolute atomic E-state index is 6.15. The maximum Gasteiger partial charge on any atom is 0.123 e. The summed E-state index contributed by atoms with van der Waals surface area (Å²) in [5.74, 6) is 0. The van der Waals surface area contributed by atoms with Crippen molar-refractivity contribution in [2.45, 2.75) is 46.2 Å². The van der Waals surface area contributed by atoms with E-state index in [0.717, 1.165) is 17.2 Å². The third-order valence-electron chi connectivity index (χ3n) is 3.83. The van der Waals surface area contributed by atoms with Crippen LogP contribution in [-0.4, -0.2) is 29.0 Å². The van der Waals surface area contributed by atoms with Gasteiger partial charge in [0.25, 0.3) is 0 Å². The van der Waals surface area contributed by atoms with Crippen molar-refractivity contribution in [2.24, 2.45) is 5.73 Å². The highest BCUT2D eigenvalue weighted by molar-refractivity contribution is 7.15. The number of benzene rings is 1. The Labute approximate surface area is 150 Å². The monoisotopic (exact) mass is 353 g/mol. The van der Waals surface area contributed by atoms with E-state index in [0.29, 0.717) is 6.04 Å². The van der Waals surface area contributed by atoms with Gasteiger partial charge in [0, 0.05) is 28.6 Å². The quantitative estimate of drug-likeness (QED) is 0.855. The van der Waals surface area contributed by atoms with Gasteiger partial charge >= 0.3 is 0 Å². The minimum atomic E-state index is -0.193. The number of hydrogen-bond donors (Lipinski definition) is 1. The van der Waals surface area contributed by atoms with Crippen LogP contribution in [0.5, 0.6) is 0 Å². The Bertz CT molecular complexity index is 629. The largest absolute Gasteiger partial charge is 0.324 e. The topological polar surface area (TPSA) is 42.2 Å². The van der Waals surface area contributed by atoms with Gasteiger partial charge in [-0.05, 0) is 41.7 Å². The Morgan fingerprint density at radius 1 is 1.22 bits per heavy atom. The molecule has 2 aromatic rings. The maximum atomic E-state index is 6.15. The first-order chi connectivity index (χ1) is 10.2. The summed E-state index contributed by atoms with van der Waals surface area (Å²) in [7, 11) is 2.13. The average molecular weight is 354 g/mol. The molecule has 0 bridgehead atoms. The number of aromatic nitrogens is 1. The highest BCUT2D eigenvalue weighted by atomic mass is 35.5. The van der Waals surface area contributed by atoms with Crippen LogP contribution in [0.15, 0.2) is 24.3 Å². The van der Waals surface area contributed by atoms with Crippen LogP contribution in [0.25, 0.3) is 10.6 Å². The fourth-order valence-corrected chi connectivity index (χ4v) is 3.78. The van der Waals surface area contributed by atoms with Gasteiger partial charge < -0.3 is 5.73 Å². The lowest BCUT2D eigenvalue weighted by Gasteiger charge is -2.30. The van der Waals surface area contributed by atoms with Gasteiger partial charge in [-0.15, -0.1) is 23.7 Å². The SMILES string of the molecule is Cc1ccc(-c2nc(C)c(C(C)N(C)CC(C)(C)N)s2)cc1.Cl. The van der Waals surface area contributed by atoms with E-state index < -0.39 is 0 Å². The van der Waals surface area contributed by atoms with Gasteiger partial charge in [-0.1, -0.05) is 29.8 Å². The molecule has 0 amide bonds. The van der Waals surface area contributed by atoms with E-state index in [1.165, 1.54) is 16.0 Å². The lowest BCUT2D eigenvalue weighted by atomic mass is 10.1. The predicted molar refractivity (Wildman–Crippen MR) is 104 cm³/mol. The van der Waals surface area contributed by atoms with Crippen molar-refractivity contribution in [3.8, 4) is 10.6 Å². The zero-order valence-corrected chi connectivity index (χ0v) is 16.5. The fraction of sp³-hybridized carbons (Fsp3) is 0.500. The van der Waals surface area contributed by atoms with Gasteiger partial charge in [0.15, 0.2) is 0 Å². The van der Waals surface area contributed by atoms with Crippen LogP contribution in [0.2, 0.25) is 0 Å². The molecule has 2 N–H and O–H groups in total. The number of aryl methyl sites for hydroxylation is 2. The minimum Gasteiger partial charge on any atom is -0.324 e. The van der Waals surface area contributed by atoms with Crippen molar-refractivity contribution < 1.29 is 0 Å². The van der Waals surface area contributed by atoms with Gasteiger partial charge in [0.05, 0.1) is 5.69 Å². The summed E-state index contributed by atoms with van der Waals surface area (Å²) in [4.78, 5) is 8.40. The van der Waals surface area contributed by atoms with E-state index in [4.69, 9.17) is 10.7 Å². The van der Waals surface area contributed by atoms with Crippen molar-refractivity contribution in [3.05, 3.63) is 40.4 Å². The molecule has 128 valence electrons. The summed E-state index contributed by atoms with van der Waals surface area (Å²) < 4.78 is 0. The Hall–Kier alpha value is -0.940. The van der Waals surface area contributed by atoms with E-state index in [-0.39, 0.29) is 17.9 Å². The number of nitrogens with zero attached hydrogens (tertiary/aromatic N) is 2. The summed E-state index contributed by atoms with van der Waals surface area (Å²) >= 11 is 1.79. The molecule has 3 nitrogen and oxygen atoms in total. The Morgan fingerprint density at radius 2 is 1.78 bits per heavy atom. The molecule has 1 aromatic carbocycles.